The Hall–Kier alpha value is -3.68. The number of benzene rings is 2. The van der Waals surface area contributed by atoms with E-state index in [4.69, 9.17) is 18.8 Å². The summed E-state index contributed by atoms with van der Waals surface area (Å²) in [7, 11) is 1.31. The zero-order valence-corrected chi connectivity index (χ0v) is 16.6. The van der Waals surface area contributed by atoms with E-state index in [0.717, 1.165) is 6.42 Å². The fourth-order valence-electron chi connectivity index (χ4n) is 2.51. The van der Waals surface area contributed by atoms with Gasteiger partial charge in [-0.15, -0.1) is 0 Å². The third kappa shape index (κ3) is 5.44. The van der Waals surface area contributed by atoms with Crippen LogP contribution in [0.3, 0.4) is 0 Å². The monoisotopic (exact) mass is 412 g/mol. The van der Waals surface area contributed by atoms with Crippen molar-refractivity contribution in [3.05, 3.63) is 71.7 Å². The van der Waals surface area contributed by atoms with Gasteiger partial charge in [0.25, 0.3) is 0 Å². The highest BCUT2D eigenvalue weighted by atomic mass is 19.1. The summed E-state index contributed by atoms with van der Waals surface area (Å²) in [5, 5.41) is 8.12. The maximum absolute atomic E-state index is 13.1. The molecule has 0 radical (unpaired) electrons. The van der Waals surface area contributed by atoms with Gasteiger partial charge in [-0.05, 0) is 48.9 Å². The standard InChI is InChI=1S/C22H21FN2O5/c1-3-11-29-24-20(14-28-18-6-4-5-16(12-18)22(26)27-2)21-13-19(25-30-21)15-7-9-17(23)10-8-15/h4-10,12-13H,3,11,14H2,1-2H3. The average molecular weight is 412 g/mol. The molecule has 0 amide bonds. The third-order valence-corrected chi connectivity index (χ3v) is 4.04. The van der Waals surface area contributed by atoms with Crippen LogP contribution in [0.2, 0.25) is 0 Å². The molecule has 2 aromatic carbocycles. The molecule has 0 spiro atoms. The summed E-state index contributed by atoms with van der Waals surface area (Å²) >= 11 is 0. The number of rotatable bonds is 9. The van der Waals surface area contributed by atoms with Gasteiger partial charge in [0.05, 0.1) is 12.7 Å². The Balaban J connectivity index is 1.78. The van der Waals surface area contributed by atoms with Crippen molar-refractivity contribution < 1.29 is 28.0 Å². The Morgan fingerprint density at radius 1 is 1.17 bits per heavy atom. The number of nitrogens with zero attached hydrogens (tertiary/aromatic N) is 2. The van der Waals surface area contributed by atoms with Crippen LogP contribution >= 0.6 is 0 Å². The minimum absolute atomic E-state index is 0.0202. The van der Waals surface area contributed by atoms with Gasteiger partial charge < -0.3 is 18.8 Å². The Morgan fingerprint density at radius 2 is 1.97 bits per heavy atom. The summed E-state index contributed by atoms with van der Waals surface area (Å²) in [5.41, 5.74) is 1.98. The van der Waals surface area contributed by atoms with Gasteiger partial charge in [-0.2, -0.15) is 0 Å². The Morgan fingerprint density at radius 3 is 2.70 bits per heavy atom. The minimum Gasteiger partial charge on any atom is -0.487 e. The molecule has 0 aliphatic heterocycles. The normalized spacial score (nSPS) is 11.2. The average Bonchev–Trinajstić information content (AvgIpc) is 3.26. The summed E-state index contributed by atoms with van der Waals surface area (Å²) in [6.07, 6.45) is 0.788. The predicted octanol–water partition coefficient (Wildman–Crippen LogP) is 4.48. The van der Waals surface area contributed by atoms with Crippen molar-refractivity contribution in [2.75, 3.05) is 20.3 Å². The van der Waals surface area contributed by atoms with E-state index in [2.05, 4.69) is 10.3 Å². The SMILES string of the molecule is CCCON=C(COc1cccc(C(=O)OC)c1)c1cc(-c2ccc(F)cc2)no1. The first-order chi connectivity index (χ1) is 14.6. The van der Waals surface area contributed by atoms with Gasteiger partial charge in [0.2, 0.25) is 0 Å². The van der Waals surface area contributed by atoms with Crippen molar-refractivity contribution in [3.63, 3.8) is 0 Å². The van der Waals surface area contributed by atoms with Crippen molar-refractivity contribution >= 4 is 11.7 Å². The molecule has 0 N–H and O–H groups in total. The molecule has 8 heteroatoms. The fourth-order valence-corrected chi connectivity index (χ4v) is 2.51. The first-order valence-electron chi connectivity index (χ1n) is 9.33. The molecule has 3 rings (SSSR count). The second kappa shape index (κ2) is 10.2. The number of aromatic nitrogens is 1. The first kappa shape index (κ1) is 21.0. The van der Waals surface area contributed by atoms with E-state index in [1.165, 1.54) is 19.2 Å². The van der Waals surface area contributed by atoms with E-state index in [1.807, 2.05) is 6.92 Å². The number of carbonyl (C=O) groups excluding carboxylic acids is 1. The molecule has 0 unspecified atom stereocenters. The van der Waals surface area contributed by atoms with Gasteiger partial charge in [0.1, 0.15) is 30.5 Å². The van der Waals surface area contributed by atoms with Crippen molar-refractivity contribution in [1.29, 1.82) is 0 Å². The maximum atomic E-state index is 13.1. The van der Waals surface area contributed by atoms with E-state index < -0.39 is 5.97 Å². The first-order valence-corrected chi connectivity index (χ1v) is 9.33. The lowest BCUT2D eigenvalue weighted by atomic mass is 10.1. The summed E-state index contributed by atoms with van der Waals surface area (Å²) in [4.78, 5) is 17.0. The molecule has 0 saturated heterocycles. The molecule has 1 heterocycles. The van der Waals surface area contributed by atoms with Gasteiger partial charge in [-0.3, -0.25) is 0 Å². The van der Waals surface area contributed by atoms with Crippen LogP contribution in [0, 0.1) is 5.82 Å². The summed E-state index contributed by atoms with van der Waals surface area (Å²) < 4.78 is 29.0. The second-order valence-corrected chi connectivity index (χ2v) is 6.26. The van der Waals surface area contributed by atoms with Crippen LogP contribution in [0.5, 0.6) is 5.75 Å². The van der Waals surface area contributed by atoms with Crippen LogP contribution in [-0.2, 0) is 9.57 Å². The van der Waals surface area contributed by atoms with Crippen LogP contribution < -0.4 is 4.74 Å². The lowest BCUT2D eigenvalue weighted by Gasteiger charge is -2.08. The molecule has 0 bridgehead atoms. The number of hydrogen-bond donors (Lipinski definition) is 0. The van der Waals surface area contributed by atoms with Gasteiger partial charge in [0.15, 0.2) is 11.5 Å². The van der Waals surface area contributed by atoms with E-state index in [9.17, 15) is 9.18 Å². The van der Waals surface area contributed by atoms with Crippen molar-refractivity contribution in [1.82, 2.24) is 5.16 Å². The molecule has 7 nitrogen and oxygen atoms in total. The van der Waals surface area contributed by atoms with Gasteiger partial charge in [-0.1, -0.05) is 23.3 Å². The predicted molar refractivity (Wildman–Crippen MR) is 108 cm³/mol. The number of esters is 1. The largest absolute Gasteiger partial charge is 0.487 e. The number of halogens is 1. The number of ether oxygens (including phenoxy) is 2. The molecule has 0 aliphatic carbocycles. The van der Waals surface area contributed by atoms with Crippen LogP contribution in [0.25, 0.3) is 11.3 Å². The molecular weight excluding hydrogens is 391 g/mol. The molecule has 0 saturated carbocycles. The summed E-state index contributed by atoms with van der Waals surface area (Å²) in [5.74, 6) is 0.0222. The van der Waals surface area contributed by atoms with Crippen LogP contribution in [0.15, 0.2) is 64.3 Å². The van der Waals surface area contributed by atoms with Gasteiger partial charge in [0, 0.05) is 11.6 Å². The Labute approximate surface area is 173 Å². The Kier molecular flexibility index (Phi) is 7.15. The molecule has 3 aromatic rings. The van der Waals surface area contributed by atoms with E-state index >= 15 is 0 Å². The molecule has 30 heavy (non-hydrogen) atoms. The fraction of sp³-hybridized carbons (Fsp3) is 0.227. The molecule has 156 valence electrons. The molecule has 0 atom stereocenters. The number of oxime groups is 1. The van der Waals surface area contributed by atoms with E-state index in [0.29, 0.717) is 40.6 Å². The maximum Gasteiger partial charge on any atom is 0.337 e. The summed E-state index contributed by atoms with van der Waals surface area (Å²) in [6.45, 7) is 2.41. The zero-order chi connectivity index (χ0) is 21.3. The quantitative estimate of drug-likeness (QED) is 0.223. The van der Waals surface area contributed by atoms with Crippen LogP contribution in [0.1, 0.15) is 29.5 Å². The van der Waals surface area contributed by atoms with Crippen LogP contribution in [-0.4, -0.2) is 37.2 Å². The third-order valence-electron chi connectivity index (χ3n) is 4.04. The van der Waals surface area contributed by atoms with Crippen molar-refractivity contribution in [2.24, 2.45) is 5.16 Å². The van der Waals surface area contributed by atoms with Crippen molar-refractivity contribution in [3.8, 4) is 17.0 Å². The highest BCUT2D eigenvalue weighted by Crippen LogP contribution is 2.21. The van der Waals surface area contributed by atoms with Crippen LogP contribution in [0.4, 0.5) is 4.39 Å². The lowest BCUT2D eigenvalue weighted by Crippen LogP contribution is -2.13. The highest BCUT2D eigenvalue weighted by Gasteiger charge is 2.15. The van der Waals surface area contributed by atoms with Gasteiger partial charge >= 0.3 is 5.97 Å². The molecular formula is C22H21FN2O5. The van der Waals surface area contributed by atoms with E-state index in [1.54, 1.807) is 42.5 Å². The number of hydrogen-bond acceptors (Lipinski definition) is 7. The number of carbonyl (C=O) groups is 1. The molecule has 1 aromatic heterocycles. The smallest absolute Gasteiger partial charge is 0.337 e. The summed E-state index contributed by atoms with van der Waals surface area (Å²) in [6, 6.07) is 14.2. The zero-order valence-electron chi connectivity index (χ0n) is 16.6. The highest BCUT2D eigenvalue weighted by molar-refractivity contribution is 5.99. The minimum atomic E-state index is -0.459. The molecule has 0 aliphatic rings. The lowest BCUT2D eigenvalue weighted by molar-refractivity contribution is 0.0600. The van der Waals surface area contributed by atoms with Crippen molar-refractivity contribution in [2.45, 2.75) is 13.3 Å². The van der Waals surface area contributed by atoms with E-state index in [-0.39, 0.29) is 12.4 Å². The number of methoxy groups -OCH3 is 1. The molecule has 0 fully saturated rings. The van der Waals surface area contributed by atoms with Gasteiger partial charge in [-0.25, -0.2) is 9.18 Å². The second-order valence-electron chi connectivity index (χ2n) is 6.26. The Bertz CT molecular complexity index is 1010. The topological polar surface area (TPSA) is 83.2 Å².